The Balaban J connectivity index is 0.00000232. The molecule has 23 heavy (non-hydrogen) atoms. The molecule has 0 spiro atoms. The second-order valence-corrected chi connectivity index (χ2v) is 4.55. The summed E-state index contributed by atoms with van der Waals surface area (Å²) in [4.78, 5) is 12.1. The van der Waals surface area contributed by atoms with E-state index in [1.807, 2.05) is 33.8 Å². The lowest BCUT2D eigenvalue weighted by Crippen LogP contribution is -2.12. The van der Waals surface area contributed by atoms with Crippen LogP contribution >= 0.6 is 0 Å². The lowest BCUT2D eigenvalue weighted by Gasteiger charge is -2.17. The summed E-state index contributed by atoms with van der Waals surface area (Å²) >= 11 is 0. The van der Waals surface area contributed by atoms with E-state index in [9.17, 15) is 4.79 Å². The normalized spacial score (nSPS) is 9.83. The van der Waals surface area contributed by atoms with Gasteiger partial charge in [0.15, 0.2) is 17.3 Å². The Morgan fingerprint density at radius 3 is 1.91 bits per heavy atom. The minimum atomic E-state index is 0.0269. The number of Topliss-reactive ketones (excluding diaryl/α,β-unsaturated/α-hetero) is 1. The summed E-state index contributed by atoms with van der Waals surface area (Å²) in [5.74, 6) is 1.12. The number of ether oxygens (including phenoxy) is 4. The van der Waals surface area contributed by atoms with Gasteiger partial charge < -0.3 is 18.9 Å². The van der Waals surface area contributed by atoms with E-state index in [4.69, 9.17) is 18.9 Å². The Bertz CT molecular complexity index is 457. The zero-order valence-corrected chi connectivity index (χ0v) is 15.2. The Morgan fingerprint density at radius 2 is 1.43 bits per heavy atom. The topological polar surface area (TPSA) is 54.0 Å². The van der Waals surface area contributed by atoms with Crippen LogP contribution < -0.4 is 9.47 Å². The Hall–Kier alpha value is -1.59. The van der Waals surface area contributed by atoms with Crippen molar-refractivity contribution < 1.29 is 23.7 Å². The van der Waals surface area contributed by atoms with Crippen LogP contribution in [0.5, 0.6) is 11.5 Å². The van der Waals surface area contributed by atoms with Crippen LogP contribution in [0.1, 0.15) is 43.1 Å². The van der Waals surface area contributed by atoms with Crippen molar-refractivity contribution in [2.75, 3.05) is 40.6 Å². The number of hydrogen-bond donors (Lipinski definition) is 0. The van der Waals surface area contributed by atoms with Crippen molar-refractivity contribution >= 4 is 5.78 Å². The third-order valence-electron chi connectivity index (χ3n) is 3.00. The van der Waals surface area contributed by atoms with Crippen molar-refractivity contribution in [3.8, 4) is 11.5 Å². The van der Waals surface area contributed by atoms with E-state index >= 15 is 0 Å². The highest BCUT2D eigenvalue weighted by atomic mass is 16.5. The van der Waals surface area contributed by atoms with Crippen LogP contribution in [0.4, 0.5) is 0 Å². The number of benzene rings is 1. The molecule has 0 unspecified atom stereocenters. The Morgan fingerprint density at radius 1 is 0.913 bits per heavy atom. The number of carbonyl (C=O) groups is 1. The fourth-order valence-electron chi connectivity index (χ4n) is 1.85. The highest BCUT2D eigenvalue weighted by molar-refractivity contribution is 5.99. The lowest BCUT2D eigenvalue weighted by atomic mass is 10.0. The molecule has 1 rings (SSSR count). The fraction of sp³-hybridized carbons (Fsp3) is 0.611. The number of carbonyl (C=O) groups excluding carboxylic acids is 1. The molecule has 0 saturated carbocycles. The van der Waals surface area contributed by atoms with Crippen LogP contribution in [-0.4, -0.2) is 46.4 Å². The van der Waals surface area contributed by atoms with E-state index in [1.165, 1.54) is 0 Å². The number of methoxy groups -OCH3 is 2. The van der Waals surface area contributed by atoms with Gasteiger partial charge in [0.25, 0.3) is 0 Å². The smallest absolute Gasteiger partial charge is 0.172 e. The van der Waals surface area contributed by atoms with E-state index < -0.39 is 0 Å². The zero-order chi connectivity index (χ0) is 17.7. The maximum atomic E-state index is 12.1. The van der Waals surface area contributed by atoms with Gasteiger partial charge in [0.2, 0.25) is 0 Å². The van der Waals surface area contributed by atoms with Gasteiger partial charge in [-0.1, -0.05) is 26.8 Å². The first-order valence-electron chi connectivity index (χ1n) is 8.05. The third kappa shape index (κ3) is 7.01. The standard InChI is InChI=1S/C16H24O5.C2H6/c1-5-14(17)13-7-6-12(2)15(20-10-8-18-3)16(13)21-11-9-19-4;1-2/h6-7H,5,8-11H2,1-4H3;1-2H3. The van der Waals surface area contributed by atoms with Crippen molar-refractivity contribution in [1.82, 2.24) is 0 Å². The molecule has 1 aromatic rings. The van der Waals surface area contributed by atoms with Gasteiger partial charge in [-0.3, -0.25) is 4.79 Å². The Kier molecular flexibility index (Phi) is 12.0. The maximum Gasteiger partial charge on any atom is 0.172 e. The largest absolute Gasteiger partial charge is 0.487 e. The minimum absolute atomic E-state index is 0.0269. The van der Waals surface area contributed by atoms with Crippen molar-refractivity contribution in [3.05, 3.63) is 23.3 Å². The first-order chi connectivity index (χ1) is 11.2. The molecule has 132 valence electrons. The van der Waals surface area contributed by atoms with E-state index in [1.54, 1.807) is 20.3 Å². The van der Waals surface area contributed by atoms with Gasteiger partial charge in [-0.2, -0.15) is 0 Å². The summed E-state index contributed by atoms with van der Waals surface area (Å²) in [6.45, 7) is 9.44. The molecule has 0 radical (unpaired) electrons. The molecule has 5 nitrogen and oxygen atoms in total. The predicted molar refractivity (Wildman–Crippen MR) is 91.9 cm³/mol. The number of rotatable bonds is 10. The van der Waals surface area contributed by atoms with Gasteiger partial charge in [0.05, 0.1) is 18.8 Å². The maximum absolute atomic E-state index is 12.1. The van der Waals surface area contributed by atoms with Crippen LogP contribution in [0.3, 0.4) is 0 Å². The molecular formula is C18H30O5. The molecule has 0 aromatic heterocycles. The molecule has 0 fully saturated rings. The quantitative estimate of drug-likeness (QED) is 0.485. The molecule has 0 aliphatic heterocycles. The highest BCUT2D eigenvalue weighted by Crippen LogP contribution is 2.35. The summed E-state index contributed by atoms with van der Waals surface area (Å²) < 4.78 is 21.4. The highest BCUT2D eigenvalue weighted by Gasteiger charge is 2.18. The van der Waals surface area contributed by atoms with E-state index in [-0.39, 0.29) is 5.78 Å². The van der Waals surface area contributed by atoms with Crippen LogP contribution in [0.15, 0.2) is 12.1 Å². The van der Waals surface area contributed by atoms with Gasteiger partial charge >= 0.3 is 0 Å². The average Bonchev–Trinajstić information content (AvgIpc) is 2.58. The molecule has 0 bridgehead atoms. The van der Waals surface area contributed by atoms with E-state index in [0.29, 0.717) is 49.9 Å². The molecule has 0 aliphatic carbocycles. The molecule has 0 saturated heterocycles. The van der Waals surface area contributed by atoms with Gasteiger partial charge in [-0.05, 0) is 18.6 Å². The molecule has 0 N–H and O–H groups in total. The Labute approximate surface area is 139 Å². The molecule has 5 heteroatoms. The molecular weight excluding hydrogens is 296 g/mol. The first-order valence-corrected chi connectivity index (χ1v) is 8.05. The summed E-state index contributed by atoms with van der Waals surface area (Å²) in [6, 6.07) is 3.65. The van der Waals surface area contributed by atoms with Gasteiger partial charge in [-0.25, -0.2) is 0 Å². The molecule has 0 aliphatic rings. The van der Waals surface area contributed by atoms with Crippen molar-refractivity contribution in [2.24, 2.45) is 0 Å². The van der Waals surface area contributed by atoms with E-state index in [0.717, 1.165) is 5.56 Å². The average molecular weight is 326 g/mol. The summed E-state index contributed by atoms with van der Waals surface area (Å²) in [7, 11) is 3.22. The predicted octanol–water partition coefficient (Wildman–Crippen LogP) is 3.66. The number of aryl methyl sites for hydroxylation is 1. The van der Waals surface area contributed by atoms with Crippen molar-refractivity contribution in [2.45, 2.75) is 34.1 Å². The SMILES string of the molecule is CC.CCC(=O)c1ccc(C)c(OCCOC)c1OCCOC. The minimum Gasteiger partial charge on any atom is -0.487 e. The van der Waals surface area contributed by atoms with Crippen LogP contribution in [0.25, 0.3) is 0 Å². The second kappa shape index (κ2) is 12.9. The number of hydrogen-bond acceptors (Lipinski definition) is 5. The third-order valence-corrected chi connectivity index (χ3v) is 3.00. The second-order valence-electron chi connectivity index (χ2n) is 4.55. The first kappa shape index (κ1) is 21.4. The van der Waals surface area contributed by atoms with E-state index in [2.05, 4.69) is 0 Å². The number of ketones is 1. The van der Waals surface area contributed by atoms with Gasteiger partial charge in [0.1, 0.15) is 13.2 Å². The van der Waals surface area contributed by atoms with Gasteiger partial charge in [-0.15, -0.1) is 0 Å². The van der Waals surface area contributed by atoms with Gasteiger partial charge in [0, 0.05) is 20.6 Å². The summed E-state index contributed by atoms with van der Waals surface area (Å²) in [6.07, 6.45) is 0.418. The van der Waals surface area contributed by atoms with Crippen LogP contribution in [0.2, 0.25) is 0 Å². The monoisotopic (exact) mass is 326 g/mol. The van der Waals surface area contributed by atoms with Crippen LogP contribution in [0, 0.1) is 6.92 Å². The zero-order valence-electron chi connectivity index (χ0n) is 15.2. The van der Waals surface area contributed by atoms with Crippen LogP contribution in [-0.2, 0) is 9.47 Å². The van der Waals surface area contributed by atoms with Crippen molar-refractivity contribution in [3.63, 3.8) is 0 Å². The molecule has 1 aromatic carbocycles. The van der Waals surface area contributed by atoms with Crippen molar-refractivity contribution in [1.29, 1.82) is 0 Å². The summed E-state index contributed by atoms with van der Waals surface area (Å²) in [5, 5.41) is 0. The fourth-order valence-corrected chi connectivity index (χ4v) is 1.85. The lowest BCUT2D eigenvalue weighted by molar-refractivity contribution is 0.0976. The molecule has 0 atom stereocenters. The summed E-state index contributed by atoms with van der Waals surface area (Å²) in [5.41, 5.74) is 1.47. The molecule has 0 amide bonds. The molecule has 0 heterocycles.